The fraction of sp³-hybridized carbons (Fsp3) is 0.700. The van der Waals surface area contributed by atoms with Crippen LogP contribution >= 0.6 is 11.3 Å². The molecule has 0 radical (unpaired) electrons. The predicted molar refractivity (Wildman–Crippen MR) is 103 cm³/mol. The van der Waals surface area contributed by atoms with Crippen LogP contribution < -0.4 is 5.32 Å². The molecule has 1 aromatic heterocycles. The number of aromatic nitrogens is 1. The average Bonchev–Trinajstić information content (AvgIpc) is 3.38. The van der Waals surface area contributed by atoms with Crippen LogP contribution in [-0.2, 0) is 16.1 Å². The number of hydrogen-bond donors (Lipinski definition) is 1. The molecule has 0 saturated carbocycles. The lowest BCUT2D eigenvalue weighted by Crippen LogP contribution is -2.41. The lowest BCUT2D eigenvalue weighted by molar-refractivity contribution is -0.121. The summed E-state index contributed by atoms with van der Waals surface area (Å²) in [5.74, 6) is 1.19. The van der Waals surface area contributed by atoms with Crippen molar-refractivity contribution in [2.75, 3.05) is 19.6 Å². The van der Waals surface area contributed by atoms with E-state index in [1.807, 2.05) is 24.6 Å². The Morgan fingerprint density at radius 2 is 2.50 bits per heavy atom. The van der Waals surface area contributed by atoms with E-state index in [9.17, 15) is 4.79 Å². The van der Waals surface area contributed by atoms with Crippen LogP contribution in [0.2, 0.25) is 0 Å². The van der Waals surface area contributed by atoms with Gasteiger partial charge >= 0.3 is 0 Å². The van der Waals surface area contributed by atoms with Gasteiger partial charge in [-0.15, -0.1) is 11.3 Å². The monoisotopic (exact) mass is 375 g/mol. The number of amides is 1. The Morgan fingerprint density at radius 3 is 3.31 bits per heavy atom. The third-order valence-electron chi connectivity index (χ3n) is 6.24. The van der Waals surface area contributed by atoms with Gasteiger partial charge in [0.25, 0.3) is 0 Å². The Hall–Kier alpha value is -1.24. The molecule has 1 N–H and O–H groups in total. The minimum atomic E-state index is 0.0310. The summed E-state index contributed by atoms with van der Waals surface area (Å²) in [6, 6.07) is 0. The first-order valence-electron chi connectivity index (χ1n) is 9.86. The maximum Gasteiger partial charge on any atom is 0.220 e. The maximum absolute atomic E-state index is 12.1. The van der Waals surface area contributed by atoms with Crippen molar-refractivity contribution in [1.82, 2.24) is 15.2 Å². The second-order valence-corrected chi connectivity index (χ2v) is 8.87. The van der Waals surface area contributed by atoms with Gasteiger partial charge in [-0.25, -0.2) is 4.98 Å². The summed E-state index contributed by atoms with van der Waals surface area (Å²) in [7, 11) is 0. The normalized spacial score (nSPS) is 33.2. The largest absolute Gasteiger partial charge is 0.370 e. The zero-order chi connectivity index (χ0) is 18.0. The van der Waals surface area contributed by atoms with E-state index < -0.39 is 0 Å². The van der Waals surface area contributed by atoms with Crippen LogP contribution in [0.5, 0.6) is 0 Å². The molecule has 3 saturated heterocycles. The van der Waals surface area contributed by atoms with Crippen LogP contribution in [0.1, 0.15) is 44.0 Å². The highest BCUT2D eigenvalue weighted by molar-refractivity contribution is 7.09. The van der Waals surface area contributed by atoms with Crippen molar-refractivity contribution in [2.45, 2.75) is 57.3 Å². The van der Waals surface area contributed by atoms with Gasteiger partial charge in [-0.3, -0.25) is 9.69 Å². The van der Waals surface area contributed by atoms with E-state index in [0.29, 0.717) is 24.4 Å². The Kier molecular flexibility index (Phi) is 5.43. The first-order chi connectivity index (χ1) is 12.7. The molecule has 1 aromatic rings. The first-order valence-corrected chi connectivity index (χ1v) is 10.7. The minimum Gasteiger partial charge on any atom is -0.370 e. The SMILES string of the molecule is C/C=C/CCCC(=O)NC[C@H]1[C@H]2CN(Cc3nccs3)C[C@]23CC[C@H]1O3. The van der Waals surface area contributed by atoms with Crippen molar-refractivity contribution in [3.8, 4) is 0 Å². The van der Waals surface area contributed by atoms with Crippen LogP contribution in [-0.4, -0.2) is 47.1 Å². The van der Waals surface area contributed by atoms with Gasteiger partial charge in [0.1, 0.15) is 5.01 Å². The van der Waals surface area contributed by atoms with Gasteiger partial charge < -0.3 is 10.1 Å². The van der Waals surface area contributed by atoms with Crippen LogP contribution in [0.3, 0.4) is 0 Å². The van der Waals surface area contributed by atoms with Crippen molar-refractivity contribution in [3.63, 3.8) is 0 Å². The van der Waals surface area contributed by atoms with E-state index in [0.717, 1.165) is 45.4 Å². The maximum atomic E-state index is 12.1. The molecule has 4 atom stereocenters. The van der Waals surface area contributed by atoms with Crippen molar-refractivity contribution in [1.29, 1.82) is 0 Å². The van der Waals surface area contributed by atoms with E-state index in [2.05, 4.69) is 21.3 Å². The number of carbonyl (C=O) groups is 1. The zero-order valence-electron chi connectivity index (χ0n) is 15.5. The fourth-order valence-corrected chi connectivity index (χ4v) is 5.73. The number of likely N-dealkylation sites (tertiary alicyclic amines) is 1. The van der Waals surface area contributed by atoms with Crippen LogP contribution in [0.15, 0.2) is 23.7 Å². The number of rotatable bonds is 8. The van der Waals surface area contributed by atoms with Crippen LogP contribution in [0.4, 0.5) is 0 Å². The smallest absolute Gasteiger partial charge is 0.220 e. The quantitative estimate of drug-likeness (QED) is 0.561. The summed E-state index contributed by atoms with van der Waals surface area (Å²) in [4.78, 5) is 19.1. The third kappa shape index (κ3) is 3.59. The van der Waals surface area contributed by atoms with E-state index in [4.69, 9.17) is 4.74 Å². The van der Waals surface area contributed by atoms with Gasteiger partial charge in [-0.2, -0.15) is 0 Å². The Balaban J connectivity index is 1.30. The molecule has 3 aliphatic heterocycles. The summed E-state index contributed by atoms with van der Waals surface area (Å²) >= 11 is 1.73. The number of thiazole rings is 1. The molecule has 4 heterocycles. The molecule has 3 aliphatic rings. The molecular weight excluding hydrogens is 346 g/mol. The minimum absolute atomic E-state index is 0.0310. The highest BCUT2D eigenvalue weighted by Crippen LogP contribution is 2.54. The molecule has 0 aromatic carbocycles. The first kappa shape index (κ1) is 18.1. The Labute approximate surface area is 159 Å². The highest BCUT2D eigenvalue weighted by Gasteiger charge is 2.62. The summed E-state index contributed by atoms with van der Waals surface area (Å²) in [5, 5.41) is 6.41. The van der Waals surface area contributed by atoms with Gasteiger partial charge in [0, 0.05) is 49.5 Å². The number of ether oxygens (including phenoxy) is 1. The second kappa shape index (κ2) is 7.79. The van der Waals surface area contributed by atoms with E-state index in [1.165, 1.54) is 11.4 Å². The van der Waals surface area contributed by atoms with Gasteiger partial charge in [-0.1, -0.05) is 12.2 Å². The number of carbonyl (C=O) groups excluding carboxylic acids is 1. The van der Waals surface area contributed by atoms with Crippen LogP contribution in [0.25, 0.3) is 0 Å². The predicted octanol–water partition coefficient (Wildman–Crippen LogP) is 2.99. The standard InChI is InChI=1S/C20H29N3O2S/c1-2-3-4-5-6-18(24)22-11-15-16-12-23(13-19-21-9-10-26-19)14-20(16)8-7-17(15)25-20/h2-3,9-10,15-17H,4-8,11-14H2,1H3,(H,22,24)/b3-2+/t15-,16+,17+,20+/m0/s1. The van der Waals surface area contributed by atoms with Crippen molar-refractivity contribution >= 4 is 17.2 Å². The number of hydrogen-bond acceptors (Lipinski definition) is 5. The molecule has 0 unspecified atom stereocenters. The van der Waals surface area contributed by atoms with Crippen molar-refractivity contribution < 1.29 is 9.53 Å². The van der Waals surface area contributed by atoms with E-state index in [1.54, 1.807) is 11.3 Å². The Bertz CT molecular complexity index is 647. The van der Waals surface area contributed by atoms with E-state index >= 15 is 0 Å². The number of nitrogens with one attached hydrogen (secondary N) is 1. The Morgan fingerprint density at radius 1 is 1.58 bits per heavy atom. The highest BCUT2D eigenvalue weighted by atomic mass is 32.1. The van der Waals surface area contributed by atoms with E-state index in [-0.39, 0.29) is 11.5 Å². The molecular formula is C20H29N3O2S. The zero-order valence-corrected chi connectivity index (χ0v) is 16.3. The molecule has 26 heavy (non-hydrogen) atoms. The topological polar surface area (TPSA) is 54.5 Å². The summed E-state index contributed by atoms with van der Waals surface area (Å²) < 4.78 is 6.47. The molecule has 0 aliphatic carbocycles. The summed E-state index contributed by atoms with van der Waals surface area (Å²) in [6.45, 7) is 5.79. The molecule has 6 heteroatoms. The van der Waals surface area contributed by atoms with Crippen molar-refractivity contribution in [2.24, 2.45) is 11.8 Å². The van der Waals surface area contributed by atoms with Gasteiger partial charge in [0.05, 0.1) is 18.2 Å². The molecule has 5 nitrogen and oxygen atoms in total. The fourth-order valence-electron chi connectivity index (χ4n) is 5.07. The summed E-state index contributed by atoms with van der Waals surface area (Å²) in [5.41, 5.74) is 0.0310. The summed E-state index contributed by atoms with van der Waals surface area (Å²) in [6.07, 6.45) is 11.2. The molecule has 1 spiro atoms. The molecule has 2 bridgehead atoms. The van der Waals surface area contributed by atoms with Gasteiger partial charge in [0.15, 0.2) is 0 Å². The second-order valence-electron chi connectivity index (χ2n) is 7.89. The number of nitrogens with zero attached hydrogens (tertiary/aromatic N) is 2. The van der Waals surface area contributed by atoms with Crippen LogP contribution in [0, 0.1) is 11.8 Å². The molecule has 142 valence electrons. The lowest BCUT2D eigenvalue weighted by Gasteiger charge is -2.29. The van der Waals surface area contributed by atoms with Crippen molar-refractivity contribution in [3.05, 3.63) is 28.7 Å². The average molecular weight is 376 g/mol. The number of allylic oxidation sites excluding steroid dienone is 2. The lowest BCUT2D eigenvalue weighted by atomic mass is 9.73. The third-order valence-corrected chi connectivity index (χ3v) is 7.01. The number of fused-ring (bicyclic) bond motifs is 1. The molecule has 1 amide bonds. The molecule has 4 rings (SSSR count). The van der Waals surface area contributed by atoms with Gasteiger partial charge in [-0.05, 0) is 32.6 Å². The van der Waals surface area contributed by atoms with Gasteiger partial charge in [0.2, 0.25) is 5.91 Å². The number of unbranched alkanes of at least 4 members (excludes halogenated alkanes) is 1. The molecule has 3 fully saturated rings.